The number of rotatable bonds is 4. The van der Waals surface area contributed by atoms with Gasteiger partial charge >= 0.3 is 0 Å². The number of primary amides is 1. The maximum atomic E-state index is 12.9. The molecule has 2 unspecified atom stereocenters. The minimum Gasteiger partial charge on any atom is -0.369 e. The third kappa shape index (κ3) is 3.35. The predicted octanol–water partition coefficient (Wildman–Crippen LogP) is 1.18. The molecule has 0 bridgehead atoms. The van der Waals surface area contributed by atoms with Crippen molar-refractivity contribution in [1.82, 2.24) is 4.31 Å². The van der Waals surface area contributed by atoms with Gasteiger partial charge in [0.25, 0.3) is 5.69 Å². The first-order valence-electron chi connectivity index (χ1n) is 7.20. The quantitative estimate of drug-likeness (QED) is 0.650. The summed E-state index contributed by atoms with van der Waals surface area (Å²) < 4.78 is 27.0. The molecular formula is C14H19N3O5S. The average molecular weight is 341 g/mol. The van der Waals surface area contributed by atoms with Gasteiger partial charge in [-0.15, -0.1) is 0 Å². The summed E-state index contributed by atoms with van der Waals surface area (Å²) in [6, 6.07) is 3.38. The molecule has 0 spiro atoms. The number of nitro benzene ring substituents is 1. The number of nitrogens with zero attached hydrogens (tertiary/aromatic N) is 2. The van der Waals surface area contributed by atoms with Gasteiger partial charge in [0.1, 0.15) is 0 Å². The number of nitro groups is 1. The van der Waals surface area contributed by atoms with Crippen molar-refractivity contribution >= 4 is 21.6 Å². The van der Waals surface area contributed by atoms with Crippen LogP contribution in [0.4, 0.5) is 5.69 Å². The Labute approximate surface area is 134 Å². The summed E-state index contributed by atoms with van der Waals surface area (Å²) in [6.45, 7) is 3.32. The van der Waals surface area contributed by atoms with Crippen molar-refractivity contribution in [2.45, 2.75) is 37.6 Å². The van der Waals surface area contributed by atoms with Crippen LogP contribution in [0, 0.1) is 23.0 Å². The lowest BCUT2D eigenvalue weighted by Gasteiger charge is -2.36. The van der Waals surface area contributed by atoms with Gasteiger partial charge in [-0.05, 0) is 38.3 Å². The van der Waals surface area contributed by atoms with Gasteiger partial charge in [0.05, 0.1) is 15.7 Å². The Morgan fingerprint density at radius 2 is 2.04 bits per heavy atom. The molecule has 1 amide bonds. The van der Waals surface area contributed by atoms with Gasteiger partial charge in [0.2, 0.25) is 15.9 Å². The van der Waals surface area contributed by atoms with Crippen LogP contribution in [0.15, 0.2) is 23.1 Å². The zero-order chi connectivity index (χ0) is 17.4. The summed E-state index contributed by atoms with van der Waals surface area (Å²) in [5, 5.41) is 10.8. The Kier molecular flexibility index (Phi) is 4.71. The van der Waals surface area contributed by atoms with Gasteiger partial charge in [-0.25, -0.2) is 8.42 Å². The Hall–Kier alpha value is -2.00. The molecular weight excluding hydrogens is 322 g/mol. The second kappa shape index (κ2) is 6.25. The zero-order valence-corrected chi connectivity index (χ0v) is 13.7. The number of hydrogen-bond donors (Lipinski definition) is 1. The molecule has 126 valence electrons. The predicted molar refractivity (Wildman–Crippen MR) is 83.1 cm³/mol. The molecule has 1 aromatic carbocycles. The third-order valence-electron chi connectivity index (χ3n) is 4.18. The monoisotopic (exact) mass is 341 g/mol. The van der Waals surface area contributed by atoms with Crippen molar-refractivity contribution in [1.29, 1.82) is 0 Å². The third-order valence-corrected chi connectivity index (χ3v) is 6.32. The van der Waals surface area contributed by atoms with Crippen LogP contribution in [0.5, 0.6) is 0 Å². The van der Waals surface area contributed by atoms with Crippen LogP contribution < -0.4 is 5.73 Å². The Bertz CT molecular complexity index is 747. The number of carbonyl (C=O) groups excluding carboxylic acids is 1. The summed E-state index contributed by atoms with van der Waals surface area (Å²) in [5.41, 5.74) is 5.44. The number of sulfonamides is 1. The maximum Gasteiger partial charge on any atom is 0.269 e. The largest absolute Gasteiger partial charge is 0.369 e. The number of hydrogen-bond acceptors (Lipinski definition) is 5. The molecule has 2 rings (SSSR count). The minimum absolute atomic E-state index is 0.0140. The normalized spacial score (nSPS) is 22.7. The molecule has 1 aliphatic rings. The van der Waals surface area contributed by atoms with Gasteiger partial charge in [-0.3, -0.25) is 14.9 Å². The standard InChI is InChI=1S/C14H19N3O5S/c1-9-7-12(17(19)20)5-6-13(9)23(21,22)16-8-11(14(15)18)4-3-10(16)2/h5-7,10-11H,3-4,8H2,1-2H3,(H2,15,18). The van der Waals surface area contributed by atoms with E-state index in [4.69, 9.17) is 5.73 Å². The van der Waals surface area contributed by atoms with Crippen molar-refractivity contribution in [3.05, 3.63) is 33.9 Å². The van der Waals surface area contributed by atoms with Crippen molar-refractivity contribution < 1.29 is 18.1 Å². The fourth-order valence-corrected chi connectivity index (χ4v) is 4.72. The van der Waals surface area contributed by atoms with E-state index >= 15 is 0 Å². The maximum absolute atomic E-state index is 12.9. The molecule has 2 N–H and O–H groups in total. The van der Waals surface area contributed by atoms with E-state index < -0.39 is 26.8 Å². The fourth-order valence-electron chi connectivity index (χ4n) is 2.80. The number of carbonyl (C=O) groups is 1. The van der Waals surface area contributed by atoms with Crippen LogP contribution in [0.3, 0.4) is 0 Å². The molecule has 23 heavy (non-hydrogen) atoms. The molecule has 0 radical (unpaired) electrons. The first-order valence-corrected chi connectivity index (χ1v) is 8.64. The van der Waals surface area contributed by atoms with E-state index in [-0.39, 0.29) is 23.2 Å². The van der Waals surface area contributed by atoms with E-state index in [2.05, 4.69) is 0 Å². The lowest BCUT2D eigenvalue weighted by molar-refractivity contribution is -0.385. The first-order chi connectivity index (χ1) is 10.6. The molecule has 1 saturated heterocycles. The molecule has 9 heteroatoms. The van der Waals surface area contributed by atoms with Gasteiger partial charge in [0.15, 0.2) is 0 Å². The molecule has 0 saturated carbocycles. The Morgan fingerprint density at radius 3 is 2.57 bits per heavy atom. The highest BCUT2D eigenvalue weighted by Gasteiger charge is 2.37. The second-order valence-corrected chi connectivity index (χ2v) is 7.67. The topological polar surface area (TPSA) is 124 Å². The van der Waals surface area contributed by atoms with Crippen molar-refractivity contribution in [2.75, 3.05) is 6.54 Å². The molecule has 1 aliphatic heterocycles. The van der Waals surface area contributed by atoms with E-state index in [1.807, 2.05) is 0 Å². The summed E-state index contributed by atoms with van der Waals surface area (Å²) in [4.78, 5) is 21.6. The number of piperidine rings is 1. The molecule has 1 aromatic rings. The van der Waals surface area contributed by atoms with E-state index in [0.717, 1.165) is 0 Å². The first kappa shape index (κ1) is 17.4. The smallest absolute Gasteiger partial charge is 0.269 e. The van der Waals surface area contributed by atoms with Crippen molar-refractivity contribution in [3.8, 4) is 0 Å². The molecule has 0 aliphatic carbocycles. The van der Waals surface area contributed by atoms with Gasteiger partial charge in [-0.1, -0.05) is 0 Å². The number of nitrogens with two attached hydrogens (primary N) is 1. The Morgan fingerprint density at radius 1 is 1.39 bits per heavy atom. The molecule has 2 atom stereocenters. The van der Waals surface area contributed by atoms with Crippen LogP contribution in [-0.4, -0.2) is 36.1 Å². The van der Waals surface area contributed by atoms with Gasteiger partial charge < -0.3 is 5.73 Å². The SMILES string of the molecule is Cc1cc([N+](=O)[O-])ccc1S(=O)(=O)N1CC(C(N)=O)CCC1C. The zero-order valence-electron chi connectivity index (χ0n) is 12.9. The average Bonchev–Trinajstić information content (AvgIpc) is 2.46. The molecule has 0 aromatic heterocycles. The van der Waals surface area contributed by atoms with Gasteiger partial charge in [0, 0.05) is 24.7 Å². The number of amides is 1. The summed E-state index contributed by atoms with van der Waals surface area (Å²) in [6.07, 6.45) is 1.10. The highest BCUT2D eigenvalue weighted by Crippen LogP contribution is 2.30. The molecule has 1 heterocycles. The fraction of sp³-hybridized carbons (Fsp3) is 0.500. The summed E-state index contributed by atoms with van der Waals surface area (Å²) >= 11 is 0. The van der Waals surface area contributed by atoms with Crippen LogP contribution in [0.1, 0.15) is 25.3 Å². The van der Waals surface area contributed by atoms with Crippen molar-refractivity contribution in [2.24, 2.45) is 11.7 Å². The lowest BCUT2D eigenvalue weighted by atomic mass is 9.95. The summed E-state index contributed by atoms with van der Waals surface area (Å²) in [7, 11) is -3.85. The molecule has 1 fully saturated rings. The van der Waals surface area contributed by atoms with Crippen LogP contribution in [-0.2, 0) is 14.8 Å². The van der Waals surface area contributed by atoms with E-state index in [9.17, 15) is 23.3 Å². The van der Waals surface area contributed by atoms with Gasteiger partial charge in [-0.2, -0.15) is 4.31 Å². The second-order valence-electron chi connectivity index (χ2n) is 5.81. The van der Waals surface area contributed by atoms with E-state index in [1.165, 1.54) is 29.4 Å². The minimum atomic E-state index is -3.85. The van der Waals surface area contributed by atoms with E-state index in [1.54, 1.807) is 6.92 Å². The molecule has 8 nitrogen and oxygen atoms in total. The lowest BCUT2D eigenvalue weighted by Crippen LogP contribution is -2.48. The summed E-state index contributed by atoms with van der Waals surface area (Å²) in [5.74, 6) is -1.03. The van der Waals surface area contributed by atoms with E-state index in [0.29, 0.717) is 18.4 Å². The number of non-ortho nitro benzene ring substituents is 1. The van der Waals surface area contributed by atoms with Crippen molar-refractivity contribution in [3.63, 3.8) is 0 Å². The highest BCUT2D eigenvalue weighted by atomic mass is 32.2. The van der Waals surface area contributed by atoms with Crippen LogP contribution in [0.2, 0.25) is 0 Å². The van der Waals surface area contributed by atoms with Crippen LogP contribution in [0.25, 0.3) is 0 Å². The number of aryl methyl sites for hydroxylation is 1. The van der Waals surface area contributed by atoms with Crippen LogP contribution >= 0.6 is 0 Å². The highest BCUT2D eigenvalue weighted by molar-refractivity contribution is 7.89. The Balaban J connectivity index is 2.40. The number of benzene rings is 1.